The third-order valence-corrected chi connectivity index (χ3v) is 3.74. The molecule has 0 radical (unpaired) electrons. The van der Waals surface area contributed by atoms with Crippen molar-refractivity contribution in [3.63, 3.8) is 0 Å². The van der Waals surface area contributed by atoms with Crippen LogP contribution >= 0.6 is 22.6 Å². The molecule has 0 aliphatic rings. The summed E-state index contributed by atoms with van der Waals surface area (Å²) < 4.78 is 0.694. The summed E-state index contributed by atoms with van der Waals surface area (Å²) in [7, 11) is 0. The largest absolute Gasteiger partial charge is 0.309 e. The lowest BCUT2D eigenvalue weighted by Gasteiger charge is -2.09. The molecule has 0 aliphatic heterocycles. The van der Waals surface area contributed by atoms with Crippen molar-refractivity contribution in [2.45, 2.75) is 26.2 Å². The molecule has 0 unspecified atom stereocenters. The summed E-state index contributed by atoms with van der Waals surface area (Å²) in [5.74, 6) is 0.990. The van der Waals surface area contributed by atoms with E-state index in [4.69, 9.17) is 0 Å². The Balaban J connectivity index is 2.38. The van der Waals surface area contributed by atoms with Gasteiger partial charge in [0, 0.05) is 6.42 Å². The van der Waals surface area contributed by atoms with Crippen LogP contribution in [0, 0.1) is 3.57 Å². The second-order valence-corrected chi connectivity index (χ2v) is 5.61. The smallest absolute Gasteiger partial charge is 0.264 e. The minimum atomic E-state index is -0.0415. The van der Waals surface area contributed by atoms with E-state index in [9.17, 15) is 4.79 Å². The Morgan fingerprint density at radius 2 is 1.94 bits per heavy atom. The van der Waals surface area contributed by atoms with Gasteiger partial charge in [-0.25, -0.2) is 4.98 Å². The molecule has 1 N–H and O–H groups in total. The first-order valence-electron chi connectivity index (χ1n) is 5.90. The van der Waals surface area contributed by atoms with Crippen molar-refractivity contribution >= 4 is 22.6 Å². The van der Waals surface area contributed by atoms with Gasteiger partial charge in [0.1, 0.15) is 5.82 Å². The third kappa shape index (κ3) is 2.98. The Hall–Kier alpha value is -1.17. The van der Waals surface area contributed by atoms with E-state index in [2.05, 4.69) is 46.4 Å². The van der Waals surface area contributed by atoms with E-state index in [0.717, 1.165) is 17.1 Å². The summed E-state index contributed by atoms with van der Waals surface area (Å²) in [5.41, 5.74) is 1.99. The molecule has 1 aromatic carbocycles. The second kappa shape index (κ2) is 5.65. The molecule has 0 fully saturated rings. The number of aromatic amines is 1. The first-order chi connectivity index (χ1) is 8.58. The van der Waals surface area contributed by atoms with E-state index in [1.54, 1.807) is 0 Å². The van der Waals surface area contributed by atoms with Crippen molar-refractivity contribution in [2.75, 3.05) is 0 Å². The summed E-state index contributed by atoms with van der Waals surface area (Å²) in [6, 6.07) is 10.0. The molecular weight excluding hydrogens is 339 g/mol. The molecule has 94 valence electrons. The standard InChI is InChI=1S/C14H15IN2O/c1-9(2)13-12(15)14(18)17-11(16-13)8-10-6-4-3-5-7-10/h3-7,9H,8H2,1-2H3,(H,16,17,18). The Labute approximate surface area is 120 Å². The number of aromatic nitrogens is 2. The van der Waals surface area contributed by atoms with Crippen molar-refractivity contribution in [1.82, 2.24) is 9.97 Å². The quantitative estimate of drug-likeness (QED) is 0.861. The Morgan fingerprint density at radius 3 is 2.56 bits per heavy atom. The van der Waals surface area contributed by atoms with Gasteiger partial charge < -0.3 is 4.98 Å². The molecule has 4 heteroatoms. The van der Waals surface area contributed by atoms with Crippen LogP contribution < -0.4 is 5.56 Å². The fourth-order valence-electron chi connectivity index (χ4n) is 1.78. The van der Waals surface area contributed by atoms with Crippen LogP contribution in [-0.4, -0.2) is 9.97 Å². The number of nitrogens with one attached hydrogen (secondary N) is 1. The number of halogens is 1. The molecule has 0 spiro atoms. The summed E-state index contributed by atoms with van der Waals surface area (Å²) in [5, 5.41) is 0. The molecule has 1 heterocycles. The number of H-pyrrole nitrogens is 1. The maximum atomic E-state index is 11.9. The van der Waals surface area contributed by atoms with E-state index >= 15 is 0 Å². The maximum Gasteiger partial charge on any atom is 0.264 e. The number of hydrogen-bond donors (Lipinski definition) is 1. The van der Waals surface area contributed by atoms with Crippen LogP contribution in [0.25, 0.3) is 0 Å². The lowest BCUT2D eigenvalue weighted by Crippen LogP contribution is -2.19. The van der Waals surface area contributed by atoms with Crippen LogP contribution in [0.5, 0.6) is 0 Å². The van der Waals surface area contributed by atoms with Gasteiger partial charge in [-0.15, -0.1) is 0 Å². The van der Waals surface area contributed by atoms with Gasteiger partial charge in [-0.3, -0.25) is 4.79 Å². The Morgan fingerprint density at radius 1 is 1.28 bits per heavy atom. The van der Waals surface area contributed by atoms with Crippen LogP contribution in [0.15, 0.2) is 35.1 Å². The van der Waals surface area contributed by atoms with Crippen LogP contribution in [0.2, 0.25) is 0 Å². The van der Waals surface area contributed by atoms with Gasteiger partial charge in [0.25, 0.3) is 5.56 Å². The van der Waals surface area contributed by atoms with Crippen molar-refractivity contribution in [3.8, 4) is 0 Å². The summed E-state index contributed by atoms with van der Waals surface area (Å²) >= 11 is 2.06. The lowest BCUT2D eigenvalue weighted by molar-refractivity contribution is 0.774. The first kappa shape index (κ1) is 13.3. The molecule has 1 aromatic heterocycles. The van der Waals surface area contributed by atoms with E-state index < -0.39 is 0 Å². The first-order valence-corrected chi connectivity index (χ1v) is 6.98. The van der Waals surface area contributed by atoms with Crippen molar-refractivity contribution in [1.29, 1.82) is 0 Å². The van der Waals surface area contributed by atoms with Gasteiger partial charge in [-0.1, -0.05) is 44.2 Å². The van der Waals surface area contributed by atoms with Crippen molar-refractivity contribution in [2.24, 2.45) is 0 Å². The van der Waals surface area contributed by atoms with Crippen LogP contribution in [0.1, 0.15) is 36.8 Å². The van der Waals surface area contributed by atoms with Gasteiger partial charge in [0.15, 0.2) is 0 Å². The summed E-state index contributed by atoms with van der Waals surface area (Å²) in [4.78, 5) is 19.3. The zero-order chi connectivity index (χ0) is 13.1. The topological polar surface area (TPSA) is 45.8 Å². The van der Waals surface area contributed by atoms with Gasteiger partial charge >= 0.3 is 0 Å². The monoisotopic (exact) mass is 354 g/mol. The fourth-order valence-corrected chi connectivity index (χ4v) is 2.66. The molecule has 3 nitrogen and oxygen atoms in total. The van der Waals surface area contributed by atoms with E-state index in [0.29, 0.717) is 9.99 Å². The van der Waals surface area contributed by atoms with Crippen LogP contribution in [-0.2, 0) is 6.42 Å². The van der Waals surface area contributed by atoms with E-state index in [1.807, 2.05) is 30.3 Å². The predicted octanol–water partition coefficient (Wildman–Crippen LogP) is 3.09. The number of hydrogen-bond acceptors (Lipinski definition) is 2. The second-order valence-electron chi connectivity index (χ2n) is 4.53. The molecule has 0 saturated heterocycles. The highest BCUT2D eigenvalue weighted by molar-refractivity contribution is 14.1. The van der Waals surface area contributed by atoms with E-state index in [-0.39, 0.29) is 11.5 Å². The lowest BCUT2D eigenvalue weighted by atomic mass is 10.1. The zero-order valence-electron chi connectivity index (χ0n) is 10.4. The van der Waals surface area contributed by atoms with Crippen molar-refractivity contribution < 1.29 is 0 Å². The molecule has 2 rings (SSSR count). The molecule has 0 amide bonds. The van der Waals surface area contributed by atoms with Gasteiger partial charge in [-0.05, 0) is 34.1 Å². The highest BCUT2D eigenvalue weighted by Crippen LogP contribution is 2.16. The molecule has 0 bridgehead atoms. The molecule has 2 aromatic rings. The highest BCUT2D eigenvalue weighted by atomic mass is 127. The van der Waals surface area contributed by atoms with Gasteiger partial charge in [-0.2, -0.15) is 0 Å². The van der Waals surface area contributed by atoms with E-state index in [1.165, 1.54) is 0 Å². The predicted molar refractivity (Wildman–Crippen MR) is 80.9 cm³/mol. The van der Waals surface area contributed by atoms with Gasteiger partial charge in [0.2, 0.25) is 0 Å². The number of benzene rings is 1. The fraction of sp³-hybridized carbons (Fsp3) is 0.286. The average Bonchev–Trinajstić information content (AvgIpc) is 2.34. The molecule has 0 saturated carbocycles. The summed E-state index contributed by atoms with van der Waals surface area (Å²) in [6.45, 7) is 4.10. The highest BCUT2D eigenvalue weighted by Gasteiger charge is 2.12. The number of nitrogens with zero attached hydrogens (tertiary/aromatic N) is 1. The van der Waals surface area contributed by atoms with Crippen LogP contribution in [0.3, 0.4) is 0 Å². The molecular formula is C14H15IN2O. The molecule has 0 aliphatic carbocycles. The number of rotatable bonds is 3. The summed E-state index contributed by atoms with van der Waals surface area (Å²) in [6.07, 6.45) is 0.659. The molecule has 0 atom stereocenters. The minimum Gasteiger partial charge on any atom is -0.309 e. The SMILES string of the molecule is CC(C)c1nc(Cc2ccccc2)[nH]c(=O)c1I. The van der Waals surface area contributed by atoms with Crippen molar-refractivity contribution in [3.05, 3.63) is 61.3 Å². The zero-order valence-corrected chi connectivity index (χ0v) is 12.6. The maximum absolute atomic E-state index is 11.9. The van der Waals surface area contributed by atoms with Gasteiger partial charge in [0.05, 0.1) is 9.26 Å². The third-order valence-electron chi connectivity index (χ3n) is 2.70. The Bertz CT molecular complexity index is 590. The molecule has 18 heavy (non-hydrogen) atoms. The average molecular weight is 354 g/mol. The van der Waals surface area contributed by atoms with Crippen LogP contribution in [0.4, 0.5) is 0 Å². The minimum absolute atomic E-state index is 0.0415. The Kier molecular flexibility index (Phi) is 4.16. The normalized spacial score (nSPS) is 10.9.